The van der Waals surface area contributed by atoms with Gasteiger partial charge in [0.25, 0.3) is 0 Å². The molecule has 0 amide bonds. The normalized spacial score (nSPS) is 10.5. The van der Waals surface area contributed by atoms with E-state index in [0.717, 1.165) is 0 Å². The molecule has 0 saturated carbocycles. The van der Waals surface area contributed by atoms with Crippen molar-refractivity contribution in [3.05, 3.63) is 17.4 Å². The fraction of sp³-hybridized carbons (Fsp3) is 0.400. The third-order valence-electron chi connectivity index (χ3n) is 1.55. The largest absolute Gasteiger partial charge is 0.251 e. The van der Waals surface area contributed by atoms with Crippen molar-refractivity contribution in [2.24, 2.45) is 0 Å². The molecule has 2 rings (SSSR count). The maximum atomic E-state index is 4.89. The Bertz CT molecular complexity index is 412. The Morgan fingerprint density at radius 2 is 2.38 bits per heavy atom. The van der Waals surface area contributed by atoms with Crippen LogP contribution in [-0.4, -0.2) is 35.0 Å². The third-order valence-corrected chi connectivity index (χ3v) is 1.85. The third kappa shape index (κ3) is 1.78. The highest BCUT2D eigenvalue weighted by Gasteiger charge is 1.95. The van der Waals surface area contributed by atoms with E-state index in [-0.39, 0.29) is 0 Å². The molecule has 0 aliphatic carbocycles. The number of tetrazole rings is 1. The van der Waals surface area contributed by atoms with Gasteiger partial charge in [0.2, 0.25) is 4.77 Å². The van der Waals surface area contributed by atoms with Gasteiger partial charge in [-0.2, -0.15) is 10.3 Å². The van der Waals surface area contributed by atoms with Crippen LogP contribution in [0.4, 0.5) is 0 Å². The smallest absolute Gasteiger partial charge is 0.238 e. The summed E-state index contributed by atoms with van der Waals surface area (Å²) < 4.78 is 3.82. The Hall–Kier alpha value is -1.57. The zero-order chi connectivity index (χ0) is 9.10. The van der Waals surface area contributed by atoms with Crippen molar-refractivity contribution in [3.63, 3.8) is 0 Å². The van der Waals surface area contributed by atoms with Crippen molar-refractivity contribution in [2.45, 2.75) is 13.1 Å². The van der Waals surface area contributed by atoms with Gasteiger partial charge < -0.3 is 0 Å². The molecule has 0 aliphatic heterocycles. The molecule has 2 aromatic heterocycles. The number of rotatable bonds is 3. The molecule has 1 N–H and O–H groups in total. The van der Waals surface area contributed by atoms with Crippen LogP contribution in [0.1, 0.15) is 0 Å². The minimum atomic E-state index is 0.445. The topological polar surface area (TPSA) is 77.2 Å². The van der Waals surface area contributed by atoms with Gasteiger partial charge in [0.15, 0.2) is 0 Å². The summed E-state index contributed by atoms with van der Waals surface area (Å²) in [6.45, 7) is 1.35. The van der Waals surface area contributed by atoms with Gasteiger partial charge in [-0.3, -0.25) is 4.68 Å². The number of aryl methyl sites for hydroxylation is 2. The number of nitrogens with one attached hydrogen (secondary N) is 1. The Morgan fingerprint density at radius 1 is 1.46 bits per heavy atom. The number of aromatic amines is 1. The molecule has 2 aromatic rings. The lowest BCUT2D eigenvalue weighted by Crippen LogP contribution is -2.09. The second-order valence-corrected chi connectivity index (χ2v) is 2.76. The molecule has 0 fully saturated rings. The van der Waals surface area contributed by atoms with Crippen LogP contribution >= 0.6 is 12.2 Å². The van der Waals surface area contributed by atoms with E-state index in [9.17, 15) is 0 Å². The van der Waals surface area contributed by atoms with Gasteiger partial charge in [-0.1, -0.05) is 10.3 Å². The van der Waals surface area contributed by atoms with Crippen LogP contribution in [0, 0.1) is 4.77 Å². The van der Waals surface area contributed by atoms with Crippen LogP contribution in [0.2, 0.25) is 0 Å². The van der Waals surface area contributed by atoms with Crippen molar-refractivity contribution >= 4 is 12.2 Å². The van der Waals surface area contributed by atoms with Crippen molar-refractivity contribution in [1.82, 2.24) is 35.0 Å². The van der Waals surface area contributed by atoms with Crippen molar-refractivity contribution in [2.75, 3.05) is 0 Å². The maximum Gasteiger partial charge on any atom is 0.238 e. The molecule has 13 heavy (non-hydrogen) atoms. The van der Waals surface area contributed by atoms with E-state index in [1.54, 1.807) is 15.7 Å². The Balaban J connectivity index is 2.01. The molecule has 68 valence electrons. The number of aromatic nitrogens is 7. The van der Waals surface area contributed by atoms with Crippen LogP contribution < -0.4 is 0 Å². The summed E-state index contributed by atoms with van der Waals surface area (Å²) in [5, 5.41) is 13.8. The van der Waals surface area contributed by atoms with Crippen molar-refractivity contribution in [3.8, 4) is 0 Å². The molecule has 7 nitrogen and oxygen atoms in total. The fourth-order valence-electron chi connectivity index (χ4n) is 0.912. The number of hydrogen-bond acceptors (Lipinski definition) is 5. The molecule has 0 atom stereocenters. The van der Waals surface area contributed by atoms with E-state index >= 15 is 0 Å². The number of nitrogens with zero attached hydrogens (tertiary/aromatic N) is 6. The summed E-state index contributed by atoms with van der Waals surface area (Å²) in [7, 11) is 0. The Kier molecular flexibility index (Phi) is 2.13. The number of H-pyrrole nitrogens is 1. The monoisotopic (exact) mass is 197 g/mol. The SMILES string of the molecule is S=c1nn[nH]n1CCn1cncn1. The molecule has 0 unspecified atom stereocenters. The predicted molar refractivity (Wildman–Crippen MR) is 45.2 cm³/mol. The standard InChI is InChI=1S/C5H7N7S/c13-5-8-9-10-12(5)2-1-11-4-6-3-7-11/h3-4H,1-2H2,(H,8,10,13). The highest BCUT2D eigenvalue weighted by atomic mass is 32.1. The van der Waals surface area contributed by atoms with Gasteiger partial charge in [0.1, 0.15) is 12.7 Å². The quantitative estimate of drug-likeness (QED) is 0.679. The summed E-state index contributed by atoms with van der Waals surface area (Å²) in [6.07, 6.45) is 3.14. The van der Waals surface area contributed by atoms with Crippen LogP contribution in [0.25, 0.3) is 0 Å². The zero-order valence-electron chi connectivity index (χ0n) is 6.66. The van der Waals surface area contributed by atoms with Crippen LogP contribution in [0.15, 0.2) is 12.7 Å². The molecular weight excluding hydrogens is 190 g/mol. The molecule has 8 heteroatoms. The van der Waals surface area contributed by atoms with E-state index < -0.39 is 0 Å². The van der Waals surface area contributed by atoms with Gasteiger partial charge in [-0.25, -0.2) is 9.67 Å². The lowest BCUT2D eigenvalue weighted by Gasteiger charge is -1.99. The minimum Gasteiger partial charge on any atom is -0.251 e. The van der Waals surface area contributed by atoms with Gasteiger partial charge in [0.05, 0.1) is 13.1 Å². The van der Waals surface area contributed by atoms with Gasteiger partial charge >= 0.3 is 0 Å². The maximum absolute atomic E-state index is 4.89. The van der Waals surface area contributed by atoms with E-state index in [4.69, 9.17) is 12.2 Å². The molecule has 0 spiro atoms. The summed E-state index contributed by atoms with van der Waals surface area (Å²) >= 11 is 4.89. The van der Waals surface area contributed by atoms with E-state index in [1.165, 1.54) is 6.33 Å². The minimum absolute atomic E-state index is 0.445. The van der Waals surface area contributed by atoms with E-state index in [2.05, 4.69) is 25.6 Å². The summed E-state index contributed by atoms with van der Waals surface area (Å²) in [4.78, 5) is 3.82. The number of hydrogen-bond donors (Lipinski definition) is 1. The first-order valence-electron chi connectivity index (χ1n) is 3.66. The molecule has 0 radical (unpaired) electrons. The van der Waals surface area contributed by atoms with Gasteiger partial charge in [0, 0.05) is 0 Å². The average Bonchev–Trinajstić information content (AvgIpc) is 2.72. The molecule has 0 bridgehead atoms. The van der Waals surface area contributed by atoms with Gasteiger partial charge in [-0.15, -0.1) is 0 Å². The second-order valence-electron chi connectivity index (χ2n) is 2.39. The van der Waals surface area contributed by atoms with Crippen molar-refractivity contribution in [1.29, 1.82) is 0 Å². The van der Waals surface area contributed by atoms with E-state index in [1.807, 2.05) is 0 Å². The van der Waals surface area contributed by atoms with Crippen LogP contribution in [0.5, 0.6) is 0 Å². The lowest BCUT2D eigenvalue weighted by atomic mass is 10.6. The van der Waals surface area contributed by atoms with Gasteiger partial charge in [-0.05, 0) is 12.2 Å². The molecule has 0 aromatic carbocycles. The zero-order valence-corrected chi connectivity index (χ0v) is 7.48. The lowest BCUT2D eigenvalue weighted by molar-refractivity contribution is 0.485. The first-order chi connectivity index (χ1) is 6.36. The molecular formula is C5H7N7S. The highest BCUT2D eigenvalue weighted by molar-refractivity contribution is 7.71. The van der Waals surface area contributed by atoms with Crippen molar-refractivity contribution < 1.29 is 0 Å². The summed E-state index contributed by atoms with van der Waals surface area (Å²) in [6, 6.07) is 0. The van der Waals surface area contributed by atoms with Crippen LogP contribution in [-0.2, 0) is 13.1 Å². The summed E-state index contributed by atoms with van der Waals surface area (Å²) in [5.41, 5.74) is 0. The predicted octanol–water partition coefficient (Wildman–Crippen LogP) is -0.373. The highest BCUT2D eigenvalue weighted by Crippen LogP contribution is 1.86. The Morgan fingerprint density at radius 3 is 3.00 bits per heavy atom. The first-order valence-corrected chi connectivity index (χ1v) is 4.07. The van der Waals surface area contributed by atoms with E-state index in [0.29, 0.717) is 17.9 Å². The molecule has 0 aliphatic rings. The molecule has 0 saturated heterocycles. The van der Waals surface area contributed by atoms with Crippen LogP contribution in [0.3, 0.4) is 0 Å². The Labute approximate surface area is 78.4 Å². The second kappa shape index (κ2) is 3.44. The summed E-state index contributed by atoms with van der Waals surface area (Å²) in [5.74, 6) is 0. The first kappa shape index (κ1) is 8.05. The molecule has 2 heterocycles. The average molecular weight is 197 g/mol. The fourth-order valence-corrected chi connectivity index (χ4v) is 1.09.